The molecule has 8 nitrogen and oxygen atoms in total. The number of aryl methyl sites for hydroxylation is 1. The van der Waals surface area contributed by atoms with E-state index in [2.05, 4.69) is 10.1 Å². The Kier molecular flexibility index (Phi) is 5.26. The van der Waals surface area contributed by atoms with Crippen molar-refractivity contribution in [3.63, 3.8) is 0 Å². The highest BCUT2D eigenvalue weighted by Gasteiger charge is 2.17. The molecule has 0 saturated carbocycles. The number of carbonyl (C=O) groups is 1. The molecule has 0 aliphatic rings. The van der Waals surface area contributed by atoms with E-state index in [1.165, 1.54) is 6.26 Å². The van der Waals surface area contributed by atoms with E-state index in [0.717, 1.165) is 0 Å². The second-order valence-corrected chi connectivity index (χ2v) is 5.29. The molecule has 3 rings (SSSR count). The first-order valence-corrected chi connectivity index (χ1v) is 7.80. The van der Waals surface area contributed by atoms with Gasteiger partial charge in [-0.15, -0.1) is 0 Å². The van der Waals surface area contributed by atoms with E-state index < -0.39 is 0 Å². The quantitative estimate of drug-likeness (QED) is 0.620. The average Bonchev–Trinajstić information content (AvgIpc) is 3.38. The van der Waals surface area contributed by atoms with E-state index in [9.17, 15) is 4.79 Å². The maximum absolute atomic E-state index is 12.5. The Morgan fingerprint density at radius 2 is 2.08 bits per heavy atom. The molecule has 8 heteroatoms. The van der Waals surface area contributed by atoms with Gasteiger partial charge in [0.25, 0.3) is 0 Å². The van der Waals surface area contributed by atoms with Crippen LogP contribution in [0.3, 0.4) is 0 Å². The molecule has 0 radical (unpaired) electrons. The Morgan fingerprint density at radius 1 is 1.24 bits per heavy atom. The lowest BCUT2D eigenvalue weighted by Gasteiger charge is -2.20. The number of furan rings is 2. The smallest absolute Gasteiger partial charge is 0.238 e. The highest BCUT2D eigenvalue weighted by molar-refractivity contribution is 5.76. The predicted octanol–water partition coefficient (Wildman–Crippen LogP) is 2.80. The molecular formula is C17H16N4O4. The summed E-state index contributed by atoms with van der Waals surface area (Å²) in [4.78, 5) is 18.2. The van der Waals surface area contributed by atoms with E-state index in [4.69, 9.17) is 18.6 Å². The SMILES string of the molecule is N#CCCN(Cc1ccco1)C(=O)CCc1nc(-c2ccco2)no1. The van der Waals surface area contributed by atoms with Gasteiger partial charge >= 0.3 is 0 Å². The summed E-state index contributed by atoms with van der Waals surface area (Å²) in [7, 11) is 0. The van der Waals surface area contributed by atoms with Crippen LogP contribution < -0.4 is 0 Å². The first kappa shape index (κ1) is 16.5. The number of rotatable bonds is 8. The summed E-state index contributed by atoms with van der Waals surface area (Å²) in [6.45, 7) is 0.673. The van der Waals surface area contributed by atoms with Crippen LogP contribution in [0.2, 0.25) is 0 Å². The molecule has 3 heterocycles. The highest BCUT2D eigenvalue weighted by Crippen LogP contribution is 2.16. The van der Waals surface area contributed by atoms with Gasteiger partial charge in [-0.3, -0.25) is 4.79 Å². The fraction of sp³-hybridized carbons (Fsp3) is 0.294. The van der Waals surface area contributed by atoms with Crippen molar-refractivity contribution in [2.75, 3.05) is 6.54 Å². The maximum Gasteiger partial charge on any atom is 0.238 e. The summed E-state index contributed by atoms with van der Waals surface area (Å²) in [6, 6.07) is 9.06. The third kappa shape index (κ3) is 4.35. The van der Waals surface area contributed by atoms with Crippen molar-refractivity contribution in [2.45, 2.75) is 25.8 Å². The van der Waals surface area contributed by atoms with E-state index in [1.54, 1.807) is 35.4 Å². The zero-order valence-electron chi connectivity index (χ0n) is 13.4. The van der Waals surface area contributed by atoms with Gasteiger partial charge in [-0.1, -0.05) is 5.16 Å². The molecule has 3 aromatic heterocycles. The van der Waals surface area contributed by atoms with Crippen LogP contribution in [0, 0.1) is 11.3 Å². The molecule has 1 amide bonds. The van der Waals surface area contributed by atoms with Crippen molar-refractivity contribution >= 4 is 5.91 Å². The topological polar surface area (TPSA) is 109 Å². The van der Waals surface area contributed by atoms with Gasteiger partial charge in [-0.25, -0.2) is 0 Å². The van der Waals surface area contributed by atoms with Crippen LogP contribution in [0.4, 0.5) is 0 Å². The number of nitriles is 1. The van der Waals surface area contributed by atoms with Gasteiger partial charge in [0.15, 0.2) is 5.76 Å². The lowest BCUT2D eigenvalue weighted by atomic mass is 10.2. The van der Waals surface area contributed by atoms with Crippen LogP contribution in [0.5, 0.6) is 0 Å². The second-order valence-electron chi connectivity index (χ2n) is 5.29. The molecule has 0 aliphatic heterocycles. The summed E-state index contributed by atoms with van der Waals surface area (Å²) in [5.74, 6) is 1.78. The first-order valence-electron chi connectivity index (χ1n) is 7.80. The van der Waals surface area contributed by atoms with E-state index in [0.29, 0.717) is 42.7 Å². The van der Waals surface area contributed by atoms with Crippen LogP contribution in [0.1, 0.15) is 24.5 Å². The van der Waals surface area contributed by atoms with Crippen molar-refractivity contribution in [1.82, 2.24) is 15.0 Å². The monoisotopic (exact) mass is 340 g/mol. The third-order valence-corrected chi connectivity index (χ3v) is 3.54. The van der Waals surface area contributed by atoms with Crippen molar-refractivity contribution in [2.24, 2.45) is 0 Å². The van der Waals surface area contributed by atoms with Crippen LogP contribution in [0.15, 0.2) is 50.1 Å². The maximum atomic E-state index is 12.5. The summed E-state index contributed by atoms with van der Waals surface area (Å²) in [5, 5.41) is 12.6. The number of amides is 1. The molecule has 0 fully saturated rings. The molecule has 0 unspecified atom stereocenters. The minimum atomic E-state index is -0.107. The Hall–Kier alpha value is -3.34. The molecule has 25 heavy (non-hydrogen) atoms. The van der Waals surface area contributed by atoms with Gasteiger partial charge in [0.05, 0.1) is 31.6 Å². The zero-order valence-corrected chi connectivity index (χ0v) is 13.4. The molecule has 0 atom stereocenters. The van der Waals surface area contributed by atoms with Gasteiger partial charge < -0.3 is 18.3 Å². The van der Waals surface area contributed by atoms with Gasteiger partial charge in [0, 0.05) is 19.4 Å². The third-order valence-electron chi connectivity index (χ3n) is 3.54. The van der Waals surface area contributed by atoms with Crippen molar-refractivity contribution in [3.05, 3.63) is 48.4 Å². The number of carbonyl (C=O) groups excluding carboxylic acids is 1. The Labute approximate surface area is 143 Å². The average molecular weight is 340 g/mol. The first-order chi connectivity index (χ1) is 12.3. The van der Waals surface area contributed by atoms with Gasteiger partial charge in [0.2, 0.25) is 17.6 Å². The number of hydrogen-bond acceptors (Lipinski definition) is 7. The second kappa shape index (κ2) is 7.97. The molecule has 0 N–H and O–H groups in total. The van der Waals surface area contributed by atoms with Gasteiger partial charge in [-0.2, -0.15) is 10.2 Å². The summed E-state index contributed by atoms with van der Waals surface area (Å²) in [6.07, 6.45) is 3.85. The molecule has 0 aromatic carbocycles. The Morgan fingerprint density at radius 3 is 2.80 bits per heavy atom. The molecule has 0 aliphatic carbocycles. The lowest BCUT2D eigenvalue weighted by Crippen LogP contribution is -2.31. The van der Waals surface area contributed by atoms with Crippen molar-refractivity contribution in [1.29, 1.82) is 5.26 Å². The Bertz CT molecular complexity index is 831. The summed E-state index contributed by atoms with van der Waals surface area (Å²) >= 11 is 0. The van der Waals surface area contributed by atoms with Gasteiger partial charge in [-0.05, 0) is 24.3 Å². The molecular weight excluding hydrogens is 324 g/mol. The number of nitrogens with zero attached hydrogens (tertiary/aromatic N) is 4. The standard InChI is InChI=1S/C17H16N4O4/c18-8-3-9-21(12-13-4-1-10-23-13)16(22)7-6-15-19-17(20-25-15)14-5-2-11-24-14/h1-2,4-5,10-11H,3,6-7,9,12H2. The van der Waals surface area contributed by atoms with Crippen LogP contribution >= 0.6 is 0 Å². The van der Waals surface area contributed by atoms with Crippen LogP contribution in [-0.2, 0) is 17.8 Å². The van der Waals surface area contributed by atoms with E-state index in [-0.39, 0.29) is 18.7 Å². The Balaban J connectivity index is 1.58. The lowest BCUT2D eigenvalue weighted by molar-refractivity contribution is -0.132. The zero-order chi connectivity index (χ0) is 17.5. The highest BCUT2D eigenvalue weighted by atomic mass is 16.5. The largest absolute Gasteiger partial charge is 0.467 e. The normalized spacial score (nSPS) is 10.5. The van der Waals surface area contributed by atoms with Crippen molar-refractivity contribution in [3.8, 4) is 17.7 Å². The molecule has 128 valence electrons. The van der Waals surface area contributed by atoms with E-state index in [1.807, 2.05) is 6.07 Å². The van der Waals surface area contributed by atoms with E-state index >= 15 is 0 Å². The fourth-order valence-corrected chi connectivity index (χ4v) is 2.30. The summed E-state index contributed by atoms with van der Waals surface area (Å²) < 4.78 is 15.6. The van der Waals surface area contributed by atoms with Crippen LogP contribution in [-0.4, -0.2) is 27.5 Å². The fourth-order valence-electron chi connectivity index (χ4n) is 2.30. The summed E-state index contributed by atoms with van der Waals surface area (Å²) in [5.41, 5.74) is 0. The van der Waals surface area contributed by atoms with Crippen LogP contribution in [0.25, 0.3) is 11.6 Å². The molecule has 0 spiro atoms. The molecule has 3 aromatic rings. The van der Waals surface area contributed by atoms with Crippen molar-refractivity contribution < 1.29 is 18.2 Å². The number of aromatic nitrogens is 2. The molecule has 0 saturated heterocycles. The minimum absolute atomic E-state index is 0.107. The predicted molar refractivity (Wildman–Crippen MR) is 84.7 cm³/mol. The molecule has 0 bridgehead atoms. The minimum Gasteiger partial charge on any atom is -0.467 e. The van der Waals surface area contributed by atoms with Gasteiger partial charge in [0.1, 0.15) is 5.76 Å². The number of hydrogen-bond donors (Lipinski definition) is 0.